The molecule has 148 valence electrons. The number of nitrogens with one attached hydrogen (secondary N) is 2. The van der Waals surface area contributed by atoms with Crippen molar-refractivity contribution < 1.29 is 13.2 Å². The SMILES string of the molecule is CC1(NS(=O)(=O)c2ccc3nccc(Nc4ccc5scnc5c4)c3c2)COC1. The Morgan fingerprint density at radius 1 is 1.07 bits per heavy atom. The molecule has 0 atom stereocenters. The molecule has 3 heterocycles. The van der Waals surface area contributed by atoms with Crippen LogP contribution in [0, 0.1) is 0 Å². The van der Waals surface area contributed by atoms with Gasteiger partial charge in [-0.15, -0.1) is 11.3 Å². The Labute approximate surface area is 171 Å². The minimum absolute atomic E-state index is 0.198. The zero-order valence-electron chi connectivity index (χ0n) is 15.5. The van der Waals surface area contributed by atoms with E-state index in [0.717, 1.165) is 27.0 Å². The summed E-state index contributed by atoms with van der Waals surface area (Å²) < 4.78 is 34.7. The molecule has 9 heteroatoms. The molecular weight excluding hydrogens is 408 g/mol. The Morgan fingerprint density at radius 2 is 1.93 bits per heavy atom. The van der Waals surface area contributed by atoms with E-state index < -0.39 is 15.6 Å². The number of sulfonamides is 1. The van der Waals surface area contributed by atoms with Crippen molar-refractivity contribution in [2.24, 2.45) is 0 Å². The minimum Gasteiger partial charge on any atom is -0.377 e. The summed E-state index contributed by atoms with van der Waals surface area (Å²) in [7, 11) is -3.68. The number of hydrogen-bond acceptors (Lipinski definition) is 7. The Kier molecular flexibility index (Phi) is 4.28. The highest BCUT2D eigenvalue weighted by atomic mass is 32.2. The maximum absolute atomic E-state index is 12.9. The first kappa shape index (κ1) is 18.4. The third-order valence-corrected chi connectivity index (χ3v) is 7.30. The normalized spacial score (nSPS) is 16.0. The first-order valence-electron chi connectivity index (χ1n) is 9.03. The Hall–Kier alpha value is -2.59. The molecule has 29 heavy (non-hydrogen) atoms. The number of nitrogens with zero attached hydrogens (tertiary/aromatic N) is 2. The predicted octanol–water partition coefficient (Wildman–Crippen LogP) is 3.66. The number of fused-ring (bicyclic) bond motifs is 2. The molecule has 5 rings (SSSR count). The standard InChI is InChI=1S/C20H18N4O3S2/c1-20(10-27-11-20)24-29(25,26)14-3-4-16-15(9-14)17(6-7-21-16)23-13-2-5-19-18(8-13)22-12-28-19/h2-9,12,24H,10-11H2,1H3,(H,21,23). The number of anilines is 2. The maximum Gasteiger partial charge on any atom is 0.241 e. The van der Waals surface area contributed by atoms with Crippen LogP contribution in [0.5, 0.6) is 0 Å². The number of thiazole rings is 1. The Bertz CT molecular complexity index is 1330. The fraction of sp³-hybridized carbons (Fsp3) is 0.200. The first-order chi connectivity index (χ1) is 13.9. The summed E-state index contributed by atoms with van der Waals surface area (Å²) in [6.45, 7) is 2.57. The van der Waals surface area contributed by atoms with E-state index in [4.69, 9.17) is 4.74 Å². The van der Waals surface area contributed by atoms with Crippen LogP contribution < -0.4 is 10.0 Å². The molecular formula is C20H18N4O3S2. The molecule has 0 amide bonds. The highest BCUT2D eigenvalue weighted by Gasteiger charge is 2.37. The molecule has 4 aromatic rings. The molecule has 1 saturated heterocycles. The van der Waals surface area contributed by atoms with Crippen LogP contribution in [-0.4, -0.2) is 37.1 Å². The van der Waals surface area contributed by atoms with Gasteiger partial charge in [-0.3, -0.25) is 4.98 Å². The lowest BCUT2D eigenvalue weighted by Gasteiger charge is -2.38. The lowest BCUT2D eigenvalue weighted by Crippen LogP contribution is -2.59. The molecule has 7 nitrogen and oxygen atoms in total. The van der Waals surface area contributed by atoms with Gasteiger partial charge in [-0.05, 0) is 49.4 Å². The largest absolute Gasteiger partial charge is 0.377 e. The molecule has 2 N–H and O–H groups in total. The second-order valence-corrected chi connectivity index (χ2v) is 9.93. The highest BCUT2D eigenvalue weighted by molar-refractivity contribution is 7.89. The van der Waals surface area contributed by atoms with Gasteiger partial charge in [0.25, 0.3) is 0 Å². The molecule has 0 unspecified atom stereocenters. The van der Waals surface area contributed by atoms with Crippen LogP contribution in [0.1, 0.15) is 6.92 Å². The third kappa shape index (κ3) is 3.46. The average Bonchev–Trinajstić information content (AvgIpc) is 3.14. The van der Waals surface area contributed by atoms with Gasteiger partial charge in [0.15, 0.2) is 0 Å². The molecule has 1 fully saturated rings. The summed E-state index contributed by atoms with van der Waals surface area (Å²) >= 11 is 1.59. The molecule has 2 aromatic carbocycles. The number of hydrogen-bond donors (Lipinski definition) is 2. The number of pyridine rings is 1. The van der Waals surface area contributed by atoms with Gasteiger partial charge >= 0.3 is 0 Å². The average molecular weight is 427 g/mol. The summed E-state index contributed by atoms with van der Waals surface area (Å²) in [5.74, 6) is 0. The third-order valence-electron chi connectivity index (χ3n) is 4.85. The van der Waals surface area contributed by atoms with Crippen molar-refractivity contribution in [2.75, 3.05) is 18.5 Å². The van der Waals surface area contributed by atoms with Crippen molar-refractivity contribution in [3.63, 3.8) is 0 Å². The summed E-state index contributed by atoms with van der Waals surface area (Å²) in [5, 5.41) is 4.09. The van der Waals surface area contributed by atoms with E-state index in [1.165, 1.54) is 0 Å². The number of aromatic nitrogens is 2. The van der Waals surface area contributed by atoms with Gasteiger partial charge in [0.05, 0.1) is 44.9 Å². The Balaban J connectivity index is 1.53. The molecule has 0 radical (unpaired) electrons. The molecule has 2 aromatic heterocycles. The van der Waals surface area contributed by atoms with Crippen molar-refractivity contribution >= 4 is 53.9 Å². The van der Waals surface area contributed by atoms with Crippen molar-refractivity contribution in [3.05, 3.63) is 54.2 Å². The lowest BCUT2D eigenvalue weighted by molar-refractivity contribution is -0.0523. The molecule has 1 aliphatic rings. The van der Waals surface area contributed by atoms with E-state index in [0.29, 0.717) is 18.7 Å². The zero-order valence-corrected chi connectivity index (χ0v) is 17.2. The molecule has 0 spiro atoms. The highest BCUT2D eigenvalue weighted by Crippen LogP contribution is 2.30. The van der Waals surface area contributed by atoms with Gasteiger partial charge in [-0.25, -0.2) is 18.1 Å². The topological polar surface area (TPSA) is 93.2 Å². The van der Waals surface area contributed by atoms with Crippen molar-refractivity contribution in [1.29, 1.82) is 0 Å². The molecule has 1 aliphatic heterocycles. The second-order valence-electron chi connectivity index (χ2n) is 7.36. The van der Waals surface area contributed by atoms with Crippen molar-refractivity contribution in [2.45, 2.75) is 17.4 Å². The van der Waals surface area contributed by atoms with Gasteiger partial charge in [0.1, 0.15) is 0 Å². The van der Waals surface area contributed by atoms with Gasteiger partial charge < -0.3 is 10.1 Å². The van der Waals surface area contributed by atoms with Gasteiger partial charge in [0, 0.05) is 23.0 Å². The van der Waals surface area contributed by atoms with Gasteiger partial charge in [-0.1, -0.05) is 0 Å². The van der Waals surface area contributed by atoms with E-state index >= 15 is 0 Å². The smallest absolute Gasteiger partial charge is 0.241 e. The summed E-state index contributed by atoms with van der Waals surface area (Å²) in [4.78, 5) is 8.91. The van der Waals surface area contributed by atoms with Crippen molar-refractivity contribution in [3.8, 4) is 0 Å². The van der Waals surface area contributed by atoms with Crippen LogP contribution in [0.3, 0.4) is 0 Å². The second kappa shape index (κ2) is 6.74. The summed E-state index contributed by atoms with van der Waals surface area (Å²) in [6, 6.07) is 12.7. The predicted molar refractivity (Wildman–Crippen MR) is 114 cm³/mol. The van der Waals surface area contributed by atoms with Crippen LogP contribution >= 0.6 is 11.3 Å². The van der Waals surface area contributed by atoms with E-state index in [1.54, 1.807) is 35.7 Å². The van der Waals surface area contributed by atoms with E-state index in [2.05, 4.69) is 20.0 Å². The quantitative estimate of drug-likeness (QED) is 0.506. The summed E-state index contributed by atoms with van der Waals surface area (Å²) in [6.07, 6.45) is 1.70. The fourth-order valence-corrected chi connectivity index (χ4v) is 5.41. The van der Waals surface area contributed by atoms with Gasteiger partial charge in [0.2, 0.25) is 10.0 Å². The van der Waals surface area contributed by atoms with Crippen LogP contribution in [0.2, 0.25) is 0 Å². The van der Waals surface area contributed by atoms with Crippen LogP contribution in [0.4, 0.5) is 11.4 Å². The van der Waals surface area contributed by atoms with Crippen LogP contribution in [0.15, 0.2) is 59.1 Å². The van der Waals surface area contributed by atoms with Crippen LogP contribution in [-0.2, 0) is 14.8 Å². The fourth-order valence-electron chi connectivity index (χ4n) is 3.34. The minimum atomic E-state index is -3.68. The van der Waals surface area contributed by atoms with Gasteiger partial charge in [-0.2, -0.15) is 0 Å². The monoisotopic (exact) mass is 426 g/mol. The number of benzene rings is 2. The van der Waals surface area contributed by atoms with Crippen molar-refractivity contribution in [1.82, 2.24) is 14.7 Å². The number of rotatable bonds is 5. The zero-order chi connectivity index (χ0) is 20.1. The van der Waals surface area contributed by atoms with E-state index in [1.807, 2.05) is 36.7 Å². The molecule has 0 saturated carbocycles. The maximum atomic E-state index is 12.9. The molecule has 0 aliphatic carbocycles. The lowest BCUT2D eigenvalue weighted by atomic mass is 10.0. The van der Waals surface area contributed by atoms with E-state index in [-0.39, 0.29) is 4.90 Å². The first-order valence-corrected chi connectivity index (χ1v) is 11.4. The summed E-state index contributed by atoms with van der Waals surface area (Å²) in [5.41, 5.74) is 4.53. The van der Waals surface area contributed by atoms with E-state index in [9.17, 15) is 8.42 Å². The Morgan fingerprint density at radius 3 is 2.72 bits per heavy atom. The molecule has 0 bridgehead atoms. The number of ether oxygens (including phenoxy) is 1. The van der Waals surface area contributed by atoms with Crippen LogP contribution in [0.25, 0.3) is 21.1 Å².